The third kappa shape index (κ3) is 1.39. The molecule has 88 valence electrons. The Bertz CT molecular complexity index is 882. The van der Waals surface area contributed by atoms with Crippen molar-refractivity contribution in [3.63, 3.8) is 0 Å². The Morgan fingerprint density at radius 1 is 0.889 bits per heavy atom. The van der Waals surface area contributed by atoms with E-state index in [1.807, 2.05) is 0 Å². The lowest BCUT2D eigenvalue weighted by molar-refractivity contribution is 1.36. The summed E-state index contributed by atoms with van der Waals surface area (Å²) in [6.07, 6.45) is 0. The number of nitrogens with one attached hydrogen (secondary N) is 1. The number of H-pyrrole nitrogens is 1. The zero-order valence-electron chi connectivity index (χ0n) is 9.44. The first kappa shape index (κ1) is 10.5. The van der Waals surface area contributed by atoms with Crippen molar-refractivity contribution in [2.24, 2.45) is 0 Å². The molecule has 3 N–H and O–H groups in total. The third-order valence-electron chi connectivity index (χ3n) is 2.99. The van der Waals surface area contributed by atoms with Crippen molar-refractivity contribution in [2.45, 2.75) is 0 Å². The first-order chi connectivity index (χ1) is 8.68. The van der Waals surface area contributed by atoms with Gasteiger partial charge in [0.2, 0.25) is 0 Å². The maximum Gasteiger partial charge on any atom is 0.256 e. The summed E-state index contributed by atoms with van der Waals surface area (Å²) < 4.78 is 0. The predicted octanol–water partition coefficient (Wildman–Crippen LogP) is 1.62. The van der Waals surface area contributed by atoms with E-state index in [0.717, 1.165) is 0 Å². The first-order valence-electron chi connectivity index (χ1n) is 5.52. The van der Waals surface area contributed by atoms with Crippen molar-refractivity contribution >= 4 is 27.4 Å². The SMILES string of the molecule is Nc1cccc2[nH]c(=O)c3ccccc3c(=O)c12. The fraction of sp³-hybridized carbons (Fsp3) is 0. The summed E-state index contributed by atoms with van der Waals surface area (Å²) >= 11 is 0. The minimum atomic E-state index is -0.289. The molecule has 4 nitrogen and oxygen atoms in total. The second kappa shape index (κ2) is 3.70. The van der Waals surface area contributed by atoms with Crippen LogP contribution >= 0.6 is 0 Å². The quantitative estimate of drug-likeness (QED) is 0.584. The molecule has 0 atom stereocenters. The van der Waals surface area contributed by atoms with Crippen LogP contribution in [0.15, 0.2) is 52.1 Å². The number of anilines is 1. The molecular formula is C14H10N2O2. The minimum Gasteiger partial charge on any atom is -0.398 e. The molecule has 0 amide bonds. The molecule has 4 heteroatoms. The van der Waals surface area contributed by atoms with Crippen molar-refractivity contribution in [1.29, 1.82) is 0 Å². The van der Waals surface area contributed by atoms with Gasteiger partial charge in [0.15, 0.2) is 5.43 Å². The Balaban J connectivity index is 2.80. The Morgan fingerprint density at radius 2 is 1.61 bits per heavy atom. The van der Waals surface area contributed by atoms with Gasteiger partial charge in [-0.1, -0.05) is 24.3 Å². The molecule has 0 unspecified atom stereocenters. The number of aromatic amines is 1. The molecule has 0 saturated carbocycles. The molecule has 3 aromatic rings. The smallest absolute Gasteiger partial charge is 0.256 e. The average Bonchev–Trinajstić information content (AvgIpc) is 2.48. The molecule has 2 aromatic carbocycles. The van der Waals surface area contributed by atoms with Crippen LogP contribution in [0, 0.1) is 0 Å². The highest BCUT2D eigenvalue weighted by Crippen LogP contribution is 2.15. The van der Waals surface area contributed by atoms with Gasteiger partial charge in [0.05, 0.1) is 16.3 Å². The van der Waals surface area contributed by atoms with Crippen molar-refractivity contribution in [2.75, 3.05) is 5.73 Å². The summed E-state index contributed by atoms with van der Waals surface area (Å²) in [5, 5.41) is 1.11. The second-order valence-electron chi connectivity index (χ2n) is 4.10. The number of hydrogen-bond donors (Lipinski definition) is 2. The van der Waals surface area contributed by atoms with Gasteiger partial charge >= 0.3 is 0 Å². The molecule has 0 aliphatic rings. The van der Waals surface area contributed by atoms with E-state index in [1.54, 1.807) is 42.5 Å². The van der Waals surface area contributed by atoms with Crippen molar-refractivity contribution < 1.29 is 0 Å². The van der Waals surface area contributed by atoms with Gasteiger partial charge in [-0.15, -0.1) is 0 Å². The Labute approximate surface area is 102 Å². The molecule has 1 aromatic heterocycles. The maximum atomic E-state index is 12.4. The molecule has 0 saturated heterocycles. The monoisotopic (exact) mass is 238 g/mol. The van der Waals surface area contributed by atoms with Gasteiger partial charge in [-0.3, -0.25) is 9.59 Å². The van der Waals surface area contributed by atoms with Crippen LogP contribution in [0.25, 0.3) is 21.7 Å². The van der Waals surface area contributed by atoms with Crippen molar-refractivity contribution in [1.82, 2.24) is 4.98 Å². The minimum absolute atomic E-state index is 0.225. The molecule has 3 rings (SSSR count). The molecule has 0 bridgehead atoms. The molecule has 1 heterocycles. The molecule has 0 radical (unpaired) electrons. The number of rotatable bonds is 0. The summed E-state index contributed by atoms with van der Waals surface area (Å²) in [4.78, 5) is 27.2. The van der Waals surface area contributed by atoms with Crippen molar-refractivity contribution in [3.8, 4) is 0 Å². The summed E-state index contributed by atoms with van der Waals surface area (Å²) in [6, 6.07) is 11.8. The number of nitrogens with two attached hydrogens (primary N) is 1. The highest BCUT2D eigenvalue weighted by molar-refractivity contribution is 5.96. The van der Waals surface area contributed by atoms with Crippen LogP contribution in [-0.2, 0) is 0 Å². The largest absolute Gasteiger partial charge is 0.398 e. The predicted molar refractivity (Wildman–Crippen MR) is 72.8 cm³/mol. The normalized spacial score (nSPS) is 10.9. The van der Waals surface area contributed by atoms with E-state index in [-0.39, 0.29) is 11.0 Å². The van der Waals surface area contributed by atoms with Crippen LogP contribution in [0.4, 0.5) is 5.69 Å². The summed E-state index contributed by atoms with van der Waals surface area (Å²) in [6.45, 7) is 0. The van der Waals surface area contributed by atoms with Crippen LogP contribution in [-0.4, -0.2) is 4.98 Å². The summed E-state index contributed by atoms with van der Waals surface area (Å²) in [5.74, 6) is 0. The fourth-order valence-corrected chi connectivity index (χ4v) is 2.13. The van der Waals surface area contributed by atoms with E-state index >= 15 is 0 Å². The summed E-state index contributed by atoms with van der Waals surface area (Å²) in [7, 11) is 0. The van der Waals surface area contributed by atoms with E-state index in [4.69, 9.17) is 5.73 Å². The van der Waals surface area contributed by atoms with Gasteiger partial charge in [-0.25, -0.2) is 0 Å². The van der Waals surface area contributed by atoms with Gasteiger partial charge in [0, 0.05) is 11.1 Å². The molecule has 0 spiro atoms. The fourth-order valence-electron chi connectivity index (χ4n) is 2.13. The van der Waals surface area contributed by atoms with Crippen LogP contribution in [0.5, 0.6) is 0 Å². The van der Waals surface area contributed by atoms with E-state index < -0.39 is 0 Å². The van der Waals surface area contributed by atoms with Crippen LogP contribution in [0.3, 0.4) is 0 Å². The molecule has 18 heavy (non-hydrogen) atoms. The Hall–Kier alpha value is -2.62. The highest BCUT2D eigenvalue weighted by atomic mass is 16.1. The number of nitrogen functional groups attached to an aromatic ring is 1. The lowest BCUT2D eigenvalue weighted by Crippen LogP contribution is -2.03. The van der Waals surface area contributed by atoms with Gasteiger partial charge in [0.1, 0.15) is 0 Å². The van der Waals surface area contributed by atoms with Crippen LogP contribution in [0.2, 0.25) is 0 Å². The molecule has 0 aliphatic carbocycles. The lowest BCUT2D eigenvalue weighted by Gasteiger charge is -1.95. The van der Waals surface area contributed by atoms with Gasteiger partial charge in [-0.05, 0) is 18.2 Å². The van der Waals surface area contributed by atoms with Gasteiger partial charge in [0.25, 0.3) is 5.56 Å². The number of fused-ring (bicyclic) bond motifs is 2. The van der Waals surface area contributed by atoms with Gasteiger partial charge in [-0.2, -0.15) is 0 Å². The van der Waals surface area contributed by atoms with Gasteiger partial charge < -0.3 is 10.7 Å². The van der Waals surface area contributed by atoms with E-state index in [2.05, 4.69) is 4.98 Å². The number of hydrogen-bond acceptors (Lipinski definition) is 3. The van der Waals surface area contributed by atoms with Crippen molar-refractivity contribution in [3.05, 3.63) is 63.0 Å². The number of benzene rings is 2. The average molecular weight is 238 g/mol. The standard InChI is InChI=1S/C14H10N2O2/c15-10-6-3-7-11-12(10)13(17)8-4-1-2-5-9(8)14(18)16-11/h1-7H,15H2,(H,16,18). The number of aromatic nitrogens is 1. The van der Waals surface area contributed by atoms with E-state index in [1.165, 1.54) is 0 Å². The third-order valence-corrected chi connectivity index (χ3v) is 2.99. The Kier molecular flexibility index (Phi) is 2.16. The highest BCUT2D eigenvalue weighted by Gasteiger charge is 2.07. The zero-order chi connectivity index (χ0) is 12.7. The molecule has 0 aliphatic heterocycles. The van der Waals surface area contributed by atoms with Crippen LogP contribution in [0.1, 0.15) is 0 Å². The van der Waals surface area contributed by atoms with E-state index in [0.29, 0.717) is 27.4 Å². The molecule has 0 fully saturated rings. The Morgan fingerprint density at radius 3 is 2.39 bits per heavy atom. The molecular weight excluding hydrogens is 228 g/mol. The second-order valence-corrected chi connectivity index (χ2v) is 4.10. The zero-order valence-corrected chi connectivity index (χ0v) is 9.44. The topological polar surface area (TPSA) is 76.0 Å². The maximum absolute atomic E-state index is 12.4. The summed E-state index contributed by atoms with van der Waals surface area (Å²) in [5.41, 5.74) is 6.15. The lowest BCUT2D eigenvalue weighted by atomic mass is 10.1. The first-order valence-corrected chi connectivity index (χ1v) is 5.52. The van der Waals surface area contributed by atoms with Crippen LogP contribution < -0.4 is 16.7 Å². The van der Waals surface area contributed by atoms with E-state index in [9.17, 15) is 9.59 Å².